The summed E-state index contributed by atoms with van der Waals surface area (Å²) in [7, 11) is 0. The summed E-state index contributed by atoms with van der Waals surface area (Å²) in [5, 5.41) is 14.5. The molecule has 1 aliphatic rings. The average molecular weight is 341 g/mol. The maximum Gasteiger partial charge on any atom is 0.273 e. The minimum atomic E-state index is -0.336. The first-order valence-electron chi connectivity index (χ1n) is 7.18. The third kappa shape index (κ3) is 3.72. The molecule has 0 saturated heterocycles. The van der Waals surface area contributed by atoms with E-state index < -0.39 is 0 Å². The Hall–Kier alpha value is -1.10. The molecule has 1 aromatic carbocycles. The number of aryl methyl sites for hydroxylation is 1. The highest BCUT2D eigenvalue weighted by Gasteiger charge is 2.19. The molecule has 1 aromatic rings. The summed E-state index contributed by atoms with van der Waals surface area (Å²) in [6.07, 6.45) is 6.15. The number of nitrogens with one attached hydrogen (secondary N) is 1. The largest absolute Gasteiger partial charge is 0.381 e. The van der Waals surface area contributed by atoms with Gasteiger partial charge in [0.2, 0.25) is 0 Å². The lowest BCUT2D eigenvalue weighted by molar-refractivity contribution is -0.385. The third-order valence-corrected chi connectivity index (χ3v) is 4.76. The number of anilines is 1. The Labute approximate surface area is 128 Å². The number of nitro benzene ring substituents is 1. The van der Waals surface area contributed by atoms with Gasteiger partial charge in [-0.05, 0) is 54.1 Å². The lowest BCUT2D eigenvalue weighted by Gasteiger charge is -2.19. The van der Waals surface area contributed by atoms with Crippen LogP contribution in [0.5, 0.6) is 0 Å². The van der Waals surface area contributed by atoms with Gasteiger partial charge in [0.15, 0.2) is 0 Å². The predicted molar refractivity (Wildman–Crippen MR) is 85.2 cm³/mol. The molecular weight excluding hydrogens is 320 g/mol. The Kier molecular flexibility index (Phi) is 5.02. The van der Waals surface area contributed by atoms with Crippen molar-refractivity contribution < 1.29 is 4.92 Å². The van der Waals surface area contributed by atoms with Crippen molar-refractivity contribution in [3.63, 3.8) is 0 Å². The minimum absolute atomic E-state index is 0.164. The topological polar surface area (TPSA) is 55.2 Å². The van der Waals surface area contributed by atoms with Crippen molar-refractivity contribution in [1.29, 1.82) is 0 Å². The van der Waals surface area contributed by atoms with Gasteiger partial charge in [-0.1, -0.05) is 19.8 Å². The average Bonchev–Trinajstić information content (AvgIpc) is 2.58. The Bertz CT molecular complexity index is 505. The SMILES string of the molecule is Cc1cc(NC2CCCC(C)CC2)c(Br)cc1[N+](=O)[O-]. The molecule has 1 fully saturated rings. The summed E-state index contributed by atoms with van der Waals surface area (Å²) in [5.41, 5.74) is 1.83. The Balaban J connectivity index is 2.13. The fourth-order valence-electron chi connectivity index (χ4n) is 2.83. The summed E-state index contributed by atoms with van der Waals surface area (Å²) in [6.45, 7) is 4.10. The lowest BCUT2D eigenvalue weighted by atomic mass is 10.0. The number of hydrogen-bond acceptors (Lipinski definition) is 3. The molecule has 110 valence electrons. The van der Waals surface area contributed by atoms with Gasteiger partial charge < -0.3 is 5.32 Å². The predicted octanol–water partition coefficient (Wildman–Crippen LogP) is 5.05. The summed E-state index contributed by atoms with van der Waals surface area (Å²) in [6, 6.07) is 3.94. The van der Waals surface area contributed by atoms with Crippen molar-refractivity contribution in [3.05, 3.63) is 32.3 Å². The number of hydrogen-bond donors (Lipinski definition) is 1. The van der Waals surface area contributed by atoms with Crippen molar-refractivity contribution in [2.45, 2.75) is 52.0 Å². The van der Waals surface area contributed by atoms with Crippen molar-refractivity contribution in [1.82, 2.24) is 0 Å². The smallest absolute Gasteiger partial charge is 0.273 e. The highest BCUT2D eigenvalue weighted by Crippen LogP contribution is 2.33. The number of nitrogens with zero attached hydrogens (tertiary/aromatic N) is 1. The highest BCUT2D eigenvalue weighted by atomic mass is 79.9. The van der Waals surface area contributed by atoms with Gasteiger partial charge in [0.25, 0.3) is 5.69 Å². The zero-order valence-electron chi connectivity index (χ0n) is 12.0. The van der Waals surface area contributed by atoms with Crippen LogP contribution in [0, 0.1) is 23.0 Å². The molecule has 0 aliphatic heterocycles. The van der Waals surface area contributed by atoms with Gasteiger partial charge in [0, 0.05) is 27.8 Å². The molecular formula is C15H21BrN2O2. The Morgan fingerprint density at radius 2 is 2.05 bits per heavy atom. The van der Waals surface area contributed by atoms with Crippen LogP contribution in [-0.2, 0) is 0 Å². The molecule has 20 heavy (non-hydrogen) atoms. The molecule has 0 spiro atoms. The van der Waals surface area contributed by atoms with Crippen LogP contribution < -0.4 is 5.32 Å². The molecule has 0 bridgehead atoms. The van der Waals surface area contributed by atoms with Gasteiger partial charge in [-0.3, -0.25) is 10.1 Å². The van der Waals surface area contributed by atoms with Crippen molar-refractivity contribution in [3.8, 4) is 0 Å². The normalized spacial score (nSPS) is 23.1. The maximum atomic E-state index is 10.9. The maximum absolute atomic E-state index is 10.9. The minimum Gasteiger partial charge on any atom is -0.381 e. The Morgan fingerprint density at radius 3 is 2.75 bits per heavy atom. The standard InChI is InChI=1S/C15H21BrN2O2/c1-10-4-3-5-12(7-6-10)17-14-8-11(2)15(18(19)20)9-13(14)16/h8-10,12,17H,3-7H2,1-2H3. The van der Waals surface area contributed by atoms with Gasteiger partial charge in [-0.25, -0.2) is 0 Å². The molecule has 1 saturated carbocycles. The van der Waals surface area contributed by atoms with E-state index in [-0.39, 0.29) is 10.6 Å². The second kappa shape index (κ2) is 6.57. The van der Waals surface area contributed by atoms with Crippen LogP contribution in [0.25, 0.3) is 0 Å². The van der Waals surface area contributed by atoms with Gasteiger partial charge in [0.05, 0.1) is 4.92 Å². The first kappa shape index (κ1) is 15.3. The fraction of sp³-hybridized carbons (Fsp3) is 0.600. The quantitative estimate of drug-likeness (QED) is 0.476. The third-order valence-electron chi connectivity index (χ3n) is 4.10. The molecule has 2 atom stereocenters. The highest BCUT2D eigenvalue weighted by molar-refractivity contribution is 9.10. The molecule has 1 N–H and O–H groups in total. The van der Waals surface area contributed by atoms with Crippen LogP contribution >= 0.6 is 15.9 Å². The van der Waals surface area contributed by atoms with Crippen LogP contribution in [0.3, 0.4) is 0 Å². The van der Waals surface area contributed by atoms with E-state index in [1.54, 1.807) is 13.0 Å². The van der Waals surface area contributed by atoms with Crippen LogP contribution in [-0.4, -0.2) is 11.0 Å². The van der Waals surface area contributed by atoms with Crippen molar-refractivity contribution >= 4 is 27.3 Å². The van der Waals surface area contributed by atoms with Crippen LogP contribution in [0.2, 0.25) is 0 Å². The molecule has 2 unspecified atom stereocenters. The molecule has 0 aromatic heterocycles. The molecule has 0 heterocycles. The molecule has 5 heteroatoms. The van der Waals surface area contributed by atoms with Gasteiger partial charge in [0.1, 0.15) is 0 Å². The first-order valence-corrected chi connectivity index (χ1v) is 7.97. The molecule has 4 nitrogen and oxygen atoms in total. The number of rotatable bonds is 3. The summed E-state index contributed by atoms with van der Waals surface area (Å²) >= 11 is 3.44. The van der Waals surface area contributed by atoms with Gasteiger partial charge >= 0.3 is 0 Å². The number of halogens is 1. The second-order valence-electron chi connectivity index (χ2n) is 5.83. The van der Waals surface area contributed by atoms with E-state index >= 15 is 0 Å². The number of nitro groups is 1. The van der Waals surface area contributed by atoms with E-state index in [9.17, 15) is 10.1 Å². The van der Waals surface area contributed by atoms with Crippen LogP contribution in [0.15, 0.2) is 16.6 Å². The zero-order chi connectivity index (χ0) is 14.7. The van der Waals surface area contributed by atoms with Crippen molar-refractivity contribution in [2.24, 2.45) is 5.92 Å². The van der Waals surface area contributed by atoms with Crippen molar-refractivity contribution in [2.75, 3.05) is 5.32 Å². The van der Waals surface area contributed by atoms with Gasteiger partial charge in [-0.15, -0.1) is 0 Å². The number of benzene rings is 1. The first-order chi connectivity index (χ1) is 9.47. The second-order valence-corrected chi connectivity index (χ2v) is 6.68. The summed E-state index contributed by atoms with van der Waals surface area (Å²) < 4.78 is 0.770. The van der Waals surface area contributed by atoms with E-state index in [0.717, 1.165) is 16.1 Å². The lowest BCUT2D eigenvalue weighted by Crippen LogP contribution is -2.18. The van der Waals surface area contributed by atoms with E-state index in [4.69, 9.17) is 0 Å². The van der Waals surface area contributed by atoms with Gasteiger partial charge in [-0.2, -0.15) is 0 Å². The van der Waals surface area contributed by atoms with E-state index in [0.29, 0.717) is 11.6 Å². The molecule has 0 amide bonds. The zero-order valence-corrected chi connectivity index (χ0v) is 13.6. The summed E-state index contributed by atoms with van der Waals surface area (Å²) in [4.78, 5) is 10.6. The summed E-state index contributed by atoms with van der Waals surface area (Å²) in [5.74, 6) is 0.809. The van der Waals surface area contributed by atoms with Crippen LogP contribution in [0.4, 0.5) is 11.4 Å². The van der Waals surface area contributed by atoms with E-state index in [2.05, 4.69) is 28.2 Å². The van der Waals surface area contributed by atoms with E-state index in [1.165, 1.54) is 32.1 Å². The van der Waals surface area contributed by atoms with E-state index in [1.807, 2.05) is 6.07 Å². The van der Waals surface area contributed by atoms with Crippen LogP contribution in [0.1, 0.15) is 44.6 Å². The monoisotopic (exact) mass is 340 g/mol. The molecule has 0 radical (unpaired) electrons. The fourth-order valence-corrected chi connectivity index (χ4v) is 3.28. The molecule has 1 aliphatic carbocycles. The Morgan fingerprint density at radius 1 is 1.30 bits per heavy atom. The molecule has 2 rings (SSSR count).